The lowest BCUT2D eigenvalue weighted by molar-refractivity contribution is -0.126. The van der Waals surface area contributed by atoms with Crippen molar-refractivity contribution < 1.29 is 19.1 Å². The van der Waals surface area contributed by atoms with Crippen molar-refractivity contribution in [2.24, 2.45) is 0 Å². The Morgan fingerprint density at radius 1 is 1.14 bits per heavy atom. The molecule has 29 heavy (non-hydrogen) atoms. The van der Waals surface area contributed by atoms with Gasteiger partial charge in [-0.15, -0.1) is 0 Å². The van der Waals surface area contributed by atoms with Crippen LogP contribution in [0.4, 0.5) is 5.69 Å². The molecule has 0 aliphatic carbocycles. The lowest BCUT2D eigenvalue weighted by atomic mass is 10.2. The van der Waals surface area contributed by atoms with Gasteiger partial charge in [-0.25, -0.2) is 4.79 Å². The fourth-order valence-electron chi connectivity index (χ4n) is 2.59. The summed E-state index contributed by atoms with van der Waals surface area (Å²) in [6.07, 6.45) is 1.76. The van der Waals surface area contributed by atoms with Crippen LogP contribution in [-0.2, 0) is 14.3 Å². The minimum Gasteiger partial charge on any atom is -0.462 e. The molecule has 1 aliphatic rings. The van der Waals surface area contributed by atoms with Gasteiger partial charge in [-0.05, 0) is 42.8 Å². The third-order valence-electron chi connectivity index (χ3n) is 3.95. The van der Waals surface area contributed by atoms with Crippen molar-refractivity contribution in [1.29, 1.82) is 0 Å². The highest BCUT2D eigenvalue weighted by Crippen LogP contribution is 2.32. The Morgan fingerprint density at radius 3 is 2.48 bits per heavy atom. The molecule has 1 heterocycles. The van der Waals surface area contributed by atoms with E-state index in [-0.39, 0.29) is 18.4 Å². The second-order valence-corrected chi connectivity index (χ2v) is 7.70. The zero-order valence-corrected chi connectivity index (χ0v) is 17.2. The molecule has 1 aliphatic heterocycles. The average Bonchev–Trinajstić information content (AvgIpc) is 2.97. The van der Waals surface area contributed by atoms with Gasteiger partial charge >= 0.3 is 5.97 Å². The molecule has 0 unspecified atom stereocenters. The van der Waals surface area contributed by atoms with Crippen LogP contribution < -0.4 is 5.32 Å². The van der Waals surface area contributed by atoms with Crippen LogP contribution in [0.15, 0.2) is 59.5 Å². The van der Waals surface area contributed by atoms with Crippen LogP contribution in [0.25, 0.3) is 6.08 Å². The molecule has 0 radical (unpaired) electrons. The van der Waals surface area contributed by atoms with Crippen molar-refractivity contribution in [2.45, 2.75) is 6.92 Å². The van der Waals surface area contributed by atoms with E-state index in [1.807, 2.05) is 30.3 Å². The standard InChI is InChI=1S/C21H18N2O4S2/c1-2-27-20(26)15-8-10-16(11-9-15)22-18(24)13-23-19(25)17(29-21(23)28)12-14-6-4-3-5-7-14/h3-12H,2,13H2,1H3,(H,22,24). The molecule has 0 spiro atoms. The molecular formula is C21H18N2O4S2. The fraction of sp³-hybridized carbons (Fsp3) is 0.143. The molecule has 2 aromatic rings. The molecule has 8 heteroatoms. The predicted molar refractivity (Wildman–Crippen MR) is 117 cm³/mol. The number of thiocarbonyl (C=S) groups is 1. The monoisotopic (exact) mass is 426 g/mol. The largest absolute Gasteiger partial charge is 0.462 e. The van der Waals surface area contributed by atoms with Crippen molar-refractivity contribution in [3.8, 4) is 0 Å². The molecule has 2 aromatic carbocycles. The number of ether oxygens (including phenoxy) is 1. The first kappa shape index (κ1) is 20.8. The summed E-state index contributed by atoms with van der Waals surface area (Å²) in [4.78, 5) is 38.4. The summed E-state index contributed by atoms with van der Waals surface area (Å²) in [5.74, 6) is -1.10. The zero-order valence-electron chi connectivity index (χ0n) is 15.6. The Kier molecular flexibility index (Phi) is 6.79. The minimum atomic E-state index is -0.423. The summed E-state index contributed by atoms with van der Waals surface area (Å²) in [7, 11) is 0. The Morgan fingerprint density at radius 2 is 1.83 bits per heavy atom. The topological polar surface area (TPSA) is 75.7 Å². The molecular weight excluding hydrogens is 408 g/mol. The maximum atomic E-state index is 12.6. The van der Waals surface area contributed by atoms with Gasteiger partial charge in [0.2, 0.25) is 5.91 Å². The third-order valence-corrected chi connectivity index (χ3v) is 5.33. The molecule has 148 valence electrons. The SMILES string of the molecule is CCOC(=O)c1ccc(NC(=O)CN2C(=O)C(=Cc3ccccc3)SC2=S)cc1. The van der Waals surface area contributed by atoms with Gasteiger partial charge in [0.1, 0.15) is 10.9 Å². The Labute approximate surface area is 177 Å². The number of nitrogens with one attached hydrogen (secondary N) is 1. The van der Waals surface area contributed by atoms with E-state index < -0.39 is 5.97 Å². The van der Waals surface area contributed by atoms with Gasteiger partial charge in [0.25, 0.3) is 5.91 Å². The number of carbonyl (C=O) groups is 3. The fourth-order valence-corrected chi connectivity index (χ4v) is 3.84. The van der Waals surface area contributed by atoms with Crippen molar-refractivity contribution in [3.63, 3.8) is 0 Å². The number of thioether (sulfide) groups is 1. The molecule has 0 atom stereocenters. The summed E-state index contributed by atoms with van der Waals surface area (Å²) < 4.78 is 5.26. The molecule has 3 rings (SSSR count). The van der Waals surface area contributed by atoms with Crippen LogP contribution in [0.1, 0.15) is 22.8 Å². The molecule has 1 fully saturated rings. The predicted octanol–water partition coefficient (Wildman–Crippen LogP) is 3.70. The van der Waals surface area contributed by atoms with Gasteiger partial charge in [-0.1, -0.05) is 54.3 Å². The number of hydrogen-bond donors (Lipinski definition) is 1. The van der Waals surface area contributed by atoms with Gasteiger partial charge in [-0.2, -0.15) is 0 Å². The Hall–Kier alpha value is -2.97. The van der Waals surface area contributed by atoms with Gasteiger partial charge in [0.15, 0.2) is 0 Å². The van der Waals surface area contributed by atoms with Crippen molar-refractivity contribution in [1.82, 2.24) is 4.90 Å². The normalized spacial score (nSPS) is 14.9. The zero-order chi connectivity index (χ0) is 20.8. The highest BCUT2D eigenvalue weighted by molar-refractivity contribution is 8.26. The molecule has 1 saturated heterocycles. The number of anilines is 1. The first-order valence-corrected chi connectivity index (χ1v) is 10.1. The number of hydrogen-bond acceptors (Lipinski definition) is 6. The second-order valence-electron chi connectivity index (χ2n) is 6.02. The lowest BCUT2D eigenvalue weighted by Crippen LogP contribution is -2.36. The Bertz CT molecular complexity index is 972. The van der Waals surface area contributed by atoms with Crippen LogP contribution in [0, 0.1) is 0 Å². The van der Waals surface area contributed by atoms with E-state index in [0.29, 0.717) is 27.1 Å². The van der Waals surface area contributed by atoms with Crippen molar-refractivity contribution in [2.75, 3.05) is 18.5 Å². The highest BCUT2D eigenvalue weighted by atomic mass is 32.2. The number of carbonyl (C=O) groups excluding carboxylic acids is 3. The van der Waals surface area contributed by atoms with Gasteiger partial charge < -0.3 is 10.1 Å². The van der Waals surface area contributed by atoms with Crippen LogP contribution in [0.3, 0.4) is 0 Å². The summed E-state index contributed by atoms with van der Waals surface area (Å²) in [5, 5.41) is 2.70. The van der Waals surface area contributed by atoms with Crippen molar-refractivity contribution >= 4 is 57.8 Å². The van der Waals surface area contributed by atoms with Crippen molar-refractivity contribution in [3.05, 3.63) is 70.6 Å². The average molecular weight is 427 g/mol. The van der Waals surface area contributed by atoms with Gasteiger partial charge in [0.05, 0.1) is 17.1 Å². The number of nitrogens with zero attached hydrogens (tertiary/aromatic N) is 1. The quantitative estimate of drug-likeness (QED) is 0.431. The third kappa shape index (κ3) is 5.30. The van der Waals surface area contributed by atoms with Crippen LogP contribution in [0.2, 0.25) is 0 Å². The molecule has 0 saturated carbocycles. The van der Waals surface area contributed by atoms with E-state index in [4.69, 9.17) is 17.0 Å². The summed E-state index contributed by atoms with van der Waals surface area (Å²) >= 11 is 6.43. The van der Waals surface area contributed by atoms with E-state index >= 15 is 0 Å². The van der Waals surface area contributed by atoms with E-state index in [1.165, 1.54) is 16.7 Å². The molecule has 1 N–H and O–H groups in total. The van der Waals surface area contributed by atoms with Crippen LogP contribution in [-0.4, -0.2) is 40.2 Å². The van der Waals surface area contributed by atoms with E-state index in [0.717, 1.165) is 5.56 Å². The molecule has 0 aromatic heterocycles. The Balaban J connectivity index is 1.62. The summed E-state index contributed by atoms with van der Waals surface area (Å²) in [5.41, 5.74) is 1.79. The maximum Gasteiger partial charge on any atom is 0.338 e. The molecule has 0 bridgehead atoms. The molecule has 6 nitrogen and oxygen atoms in total. The smallest absolute Gasteiger partial charge is 0.338 e. The van der Waals surface area contributed by atoms with E-state index in [9.17, 15) is 14.4 Å². The summed E-state index contributed by atoms with van der Waals surface area (Å²) in [6.45, 7) is 1.84. The van der Waals surface area contributed by atoms with Crippen LogP contribution in [0.5, 0.6) is 0 Å². The van der Waals surface area contributed by atoms with Crippen LogP contribution >= 0.6 is 24.0 Å². The minimum absolute atomic E-state index is 0.184. The second kappa shape index (κ2) is 9.49. The number of amides is 2. The van der Waals surface area contributed by atoms with Gasteiger partial charge in [-0.3, -0.25) is 14.5 Å². The van der Waals surface area contributed by atoms with E-state index in [1.54, 1.807) is 37.3 Å². The molecule has 2 amide bonds. The summed E-state index contributed by atoms with van der Waals surface area (Å²) in [6, 6.07) is 15.8. The number of rotatable bonds is 6. The highest BCUT2D eigenvalue weighted by Gasteiger charge is 2.33. The lowest BCUT2D eigenvalue weighted by Gasteiger charge is -2.14. The van der Waals surface area contributed by atoms with Gasteiger partial charge in [0, 0.05) is 5.69 Å². The first-order valence-electron chi connectivity index (χ1n) is 8.85. The first-order chi connectivity index (χ1) is 14.0. The maximum absolute atomic E-state index is 12.6. The number of benzene rings is 2. The number of esters is 1. The van der Waals surface area contributed by atoms with E-state index in [2.05, 4.69) is 5.32 Å².